The van der Waals surface area contributed by atoms with E-state index in [9.17, 15) is 4.39 Å². The second kappa shape index (κ2) is 10.3. The first-order chi connectivity index (χ1) is 17.0. The number of ether oxygens (including phenoxy) is 2. The topological polar surface area (TPSA) is 39.5 Å². The van der Waals surface area contributed by atoms with Crippen molar-refractivity contribution in [2.75, 3.05) is 20.2 Å². The zero-order valence-corrected chi connectivity index (χ0v) is 21.3. The lowest BCUT2D eigenvalue weighted by molar-refractivity contribution is 0.00521. The van der Waals surface area contributed by atoms with Crippen molar-refractivity contribution in [3.05, 3.63) is 100 Å². The molecule has 2 heterocycles. The van der Waals surface area contributed by atoms with Crippen LogP contribution >= 0.6 is 15.9 Å². The van der Waals surface area contributed by atoms with E-state index in [1.807, 2.05) is 47.3 Å². The monoisotopic (exact) mass is 535 g/mol. The number of halogens is 2. The minimum Gasteiger partial charge on any atom is -0.497 e. The van der Waals surface area contributed by atoms with Gasteiger partial charge in [-0.1, -0.05) is 28.1 Å². The molecular formula is C28H27BrFN3O2. The molecule has 5 rings (SSSR count). The van der Waals surface area contributed by atoms with E-state index in [1.165, 1.54) is 17.7 Å². The van der Waals surface area contributed by atoms with E-state index in [1.54, 1.807) is 19.2 Å². The molecule has 35 heavy (non-hydrogen) atoms. The Hall–Kier alpha value is -3.00. The molecule has 1 aliphatic heterocycles. The Morgan fingerprint density at radius 2 is 1.74 bits per heavy atom. The van der Waals surface area contributed by atoms with Crippen molar-refractivity contribution in [1.82, 2.24) is 14.7 Å². The van der Waals surface area contributed by atoms with Crippen LogP contribution in [0.15, 0.2) is 83.5 Å². The van der Waals surface area contributed by atoms with Crippen LogP contribution in [0.1, 0.15) is 24.3 Å². The van der Waals surface area contributed by atoms with Crippen LogP contribution in [0.4, 0.5) is 4.39 Å². The summed E-state index contributed by atoms with van der Waals surface area (Å²) in [4.78, 5) is 2.35. The Morgan fingerprint density at radius 3 is 2.43 bits per heavy atom. The summed E-state index contributed by atoms with van der Waals surface area (Å²) in [5, 5.41) is 4.91. The first-order valence-corrected chi connectivity index (χ1v) is 12.4. The maximum atomic E-state index is 13.7. The maximum Gasteiger partial charge on any atom is 0.140 e. The van der Waals surface area contributed by atoms with Crippen LogP contribution in [0.3, 0.4) is 0 Å². The highest BCUT2D eigenvalue weighted by molar-refractivity contribution is 9.10. The van der Waals surface area contributed by atoms with E-state index in [2.05, 4.69) is 39.9 Å². The van der Waals surface area contributed by atoms with Crippen molar-refractivity contribution < 1.29 is 13.9 Å². The number of benzene rings is 3. The molecule has 0 aliphatic carbocycles. The largest absolute Gasteiger partial charge is 0.497 e. The fraction of sp³-hybridized carbons (Fsp3) is 0.250. The number of methoxy groups -OCH3 is 1. The van der Waals surface area contributed by atoms with Crippen LogP contribution in [-0.2, 0) is 11.2 Å². The van der Waals surface area contributed by atoms with E-state index in [-0.39, 0.29) is 18.1 Å². The van der Waals surface area contributed by atoms with Crippen LogP contribution in [0, 0.1) is 5.82 Å². The summed E-state index contributed by atoms with van der Waals surface area (Å²) in [6, 6.07) is 22.7. The highest BCUT2D eigenvalue weighted by atomic mass is 79.9. The molecule has 0 unspecified atom stereocenters. The molecule has 5 nitrogen and oxygen atoms in total. The summed E-state index contributed by atoms with van der Waals surface area (Å²) in [6.07, 6.45) is 2.77. The Morgan fingerprint density at radius 1 is 1.03 bits per heavy atom. The van der Waals surface area contributed by atoms with E-state index < -0.39 is 0 Å². The van der Waals surface area contributed by atoms with Gasteiger partial charge in [0.1, 0.15) is 17.8 Å². The smallest absolute Gasteiger partial charge is 0.140 e. The fourth-order valence-electron chi connectivity index (χ4n) is 4.44. The summed E-state index contributed by atoms with van der Waals surface area (Å²) < 4.78 is 28.2. The first kappa shape index (κ1) is 23.7. The van der Waals surface area contributed by atoms with Gasteiger partial charge in [-0.15, -0.1) is 0 Å². The average molecular weight is 536 g/mol. The fourth-order valence-corrected chi connectivity index (χ4v) is 4.71. The van der Waals surface area contributed by atoms with Gasteiger partial charge in [0, 0.05) is 34.9 Å². The number of hydrogen-bond acceptors (Lipinski definition) is 4. The number of hydrogen-bond donors (Lipinski definition) is 0. The third kappa shape index (κ3) is 5.32. The lowest BCUT2D eigenvalue weighted by Crippen LogP contribution is -2.27. The van der Waals surface area contributed by atoms with Crippen LogP contribution < -0.4 is 4.74 Å². The van der Waals surface area contributed by atoms with Crippen LogP contribution in [0.25, 0.3) is 16.9 Å². The zero-order valence-electron chi connectivity index (χ0n) is 19.7. The predicted molar refractivity (Wildman–Crippen MR) is 138 cm³/mol. The Kier molecular flexibility index (Phi) is 7.00. The van der Waals surface area contributed by atoms with E-state index in [0.717, 1.165) is 52.2 Å². The van der Waals surface area contributed by atoms with Gasteiger partial charge in [0.05, 0.1) is 24.6 Å². The molecule has 1 fully saturated rings. The molecule has 2 atom stereocenters. The van der Waals surface area contributed by atoms with E-state index >= 15 is 0 Å². The molecule has 0 radical (unpaired) electrons. The normalized spacial score (nSPS) is 18.2. The predicted octanol–water partition coefficient (Wildman–Crippen LogP) is 6.41. The van der Waals surface area contributed by atoms with Crippen molar-refractivity contribution in [3.63, 3.8) is 0 Å². The molecule has 3 aromatic carbocycles. The molecule has 0 bridgehead atoms. The van der Waals surface area contributed by atoms with Crippen LogP contribution in [-0.4, -0.2) is 41.0 Å². The van der Waals surface area contributed by atoms with E-state index in [0.29, 0.717) is 0 Å². The SMILES string of the molecule is COc1ccc(CCN2C[C@@H](C)O[C@H]2c2cn(-c3ccc(Br)cc3)nc2-c2ccc(F)cc2)cc1. The zero-order chi connectivity index (χ0) is 24.4. The Bertz CT molecular complexity index is 1270. The van der Waals surface area contributed by atoms with Gasteiger partial charge in [0.2, 0.25) is 0 Å². The third-order valence-corrected chi connectivity index (χ3v) is 6.78. The number of aromatic nitrogens is 2. The highest BCUT2D eigenvalue weighted by Gasteiger charge is 2.34. The molecule has 0 N–H and O–H groups in total. The minimum absolute atomic E-state index is 0.0907. The molecule has 180 valence electrons. The summed E-state index contributed by atoms with van der Waals surface area (Å²) in [6.45, 7) is 3.76. The van der Waals surface area contributed by atoms with Gasteiger partial charge in [-0.2, -0.15) is 5.10 Å². The van der Waals surface area contributed by atoms with Crippen molar-refractivity contribution in [3.8, 4) is 22.7 Å². The van der Waals surface area contributed by atoms with Crippen molar-refractivity contribution >= 4 is 15.9 Å². The minimum atomic E-state index is -0.269. The quantitative estimate of drug-likeness (QED) is 0.274. The van der Waals surface area contributed by atoms with Gasteiger partial charge < -0.3 is 9.47 Å². The number of nitrogens with zero attached hydrogens (tertiary/aromatic N) is 3. The highest BCUT2D eigenvalue weighted by Crippen LogP contribution is 2.37. The molecule has 1 aliphatic rings. The van der Waals surface area contributed by atoms with Gasteiger partial charge in [0.25, 0.3) is 0 Å². The van der Waals surface area contributed by atoms with E-state index in [4.69, 9.17) is 14.6 Å². The summed E-state index contributed by atoms with van der Waals surface area (Å²) in [5.41, 5.74) is 4.81. The molecule has 4 aromatic rings. The molecule has 0 saturated carbocycles. The molecule has 7 heteroatoms. The van der Waals surface area contributed by atoms with Crippen molar-refractivity contribution in [1.29, 1.82) is 0 Å². The second-order valence-corrected chi connectivity index (χ2v) is 9.67. The summed E-state index contributed by atoms with van der Waals surface area (Å²) >= 11 is 3.50. The number of rotatable bonds is 7. The first-order valence-electron chi connectivity index (χ1n) is 11.6. The Balaban J connectivity index is 1.47. The van der Waals surface area contributed by atoms with Gasteiger partial charge in [0.15, 0.2) is 0 Å². The molecule has 1 aromatic heterocycles. The van der Waals surface area contributed by atoms with Gasteiger partial charge >= 0.3 is 0 Å². The molecule has 0 amide bonds. The standard InChI is InChI=1S/C28H27BrFN3O2/c1-19-17-32(16-15-20-3-13-25(34-2)14-4-20)28(35-19)26-18-33(24-11-7-22(29)8-12-24)31-27(26)21-5-9-23(30)10-6-21/h3-14,18-19,28H,15-17H2,1-2H3/t19-,28+/m1/s1. The summed E-state index contributed by atoms with van der Waals surface area (Å²) in [5.74, 6) is 0.587. The molecule has 1 saturated heterocycles. The van der Waals surface area contributed by atoms with Crippen LogP contribution in [0.2, 0.25) is 0 Å². The lowest BCUT2D eigenvalue weighted by Gasteiger charge is -2.23. The molecule has 0 spiro atoms. The second-order valence-electron chi connectivity index (χ2n) is 8.75. The van der Waals surface area contributed by atoms with Crippen molar-refractivity contribution in [2.24, 2.45) is 0 Å². The third-order valence-electron chi connectivity index (χ3n) is 6.25. The maximum absolute atomic E-state index is 13.7. The summed E-state index contributed by atoms with van der Waals surface area (Å²) in [7, 11) is 1.68. The van der Waals surface area contributed by atoms with Gasteiger partial charge in [-0.3, -0.25) is 4.90 Å². The van der Waals surface area contributed by atoms with Gasteiger partial charge in [-0.05, 0) is 79.6 Å². The van der Waals surface area contributed by atoms with Crippen LogP contribution in [0.5, 0.6) is 5.75 Å². The average Bonchev–Trinajstić information content (AvgIpc) is 3.47. The van der Waals surface area contributed by atoms with Crippen molar-refractivity contribution in [2.45, 2.75) is 25.7 Å². The molecular weight excluding hydrogens is 509 g/mol. The Labute approximate surface area is 213 Å². The lowest BCUT2D eigenvalue weighted by atomic mass is 10.1. The van der Waals surface area contributed by atoms with Gasteiger partial charge in [-0.25, -0.2) is 9.07 Å².